The van der Waals surface area contributed by atoms with Gasteiger partial charge in [0.15, 0.2) is 0 Å². The van der Waals surface area contributed by atoms with Gasteiger partial charge in [0.1, 0.15) is 0 Å². The Morgan fingerprint density at radius 2 is 1.76 bits per heavy atom. The van der Waals surface area contributed by atoms with E-state index in [4.69, 9.17) is 0 Å². The van der Waals surface area contributed by atoms with E-state index in [1.807, 2.05) is 37.3 Å². The molecule has 0 atom stereocenters. The fraction of sp³-hybridized carbons (Fsp3) is 0.316. The van der Waals surface area contributed by atoms with Gasteiger partial charge in [-0.05, 0) is 43.2 Å². The van der Waals surface area contributed by atoms with Crippen LogP contribution in [0.1, 0.15) is 29.3 Å². The number of rotatable bonds is 5. The van der Waals surface area contributed by atoms with E-state index in [0.717, 1.165) is 5.56 Å². The summed E-state index contributed by atoms with van der Waals surface area (Å²) >= 11 is 0. The molecule has 2 aromatic rings. The zero-order valence-electron chi connectivity index (χ0n) is 14.3. The van der Waals surface area contributed by atoms with Crippen LogP contribution in [0, 0.1) is 0 Å². The lowest BCUT2D eigenvalue weighted by atomic mass is 10.1. The predicted octanol–water partition coefficient (Wildman–Crippen LogP) is 2.89. The highest BCUT2D eigenvalue weighted by Crippen LogP contribution is 2.24. The van der Waals surface area contributed by atoms with Crippen molar-refractivity contribution in [3.63, 3.8) is 0 Å². The quantitative estimate of drug-likeness (QED) is 0.826. The maximum Gasteiger partial charge on any atom is 0.254 e. The number of carbonyl (C=O) groups is 1. The SMILES string of the molecule is CCN(Cc1ccccc1)C(=O)c1ccc(N2CCCS2(=O)=O)cc1. The first-order valence-corrected chi connectivity index (χ1v) is 10.1. The van der Waals surface area contributed by atoms with Crippen molar-refractivity contribution in [1.29, 1.82) is 0 Å². The van der Waals surface area contributed by atoms with Crippen molar-refractivity contribution in [2.75, 3.05) is 23.1 Å². The van der Waals surface area contributed by atoms with Gasteiger partial charge in [0.25, 0.3) is 5.91 Å². The molecule has 3 rings (SSSR count). The normalized spacial score (nSPS) is 16.0. The average molecular weight is 358 g/mol. The van der Waals surface area contributed by atoms with Gasteiger partial charge < -0.3 is 4.90 Å². The molecule has 0 bridgehead atoms. The number of carbonyl (C=O) groups excluding carboxylic acids is 1. The lowest BCUT2D eigenvalue weighted by Gasteiger charge is -2.22. The Balaban J connectivity index is 1.75. The molecule has 0 unspecified atom stereocenters. The number of nitrogens with zero attached hydrogens (tertiary/aromatic N) is 2. The lowest BCUT2D eigenvalue weighted by molar-refractivity contribution is 0.0752. The van der Waals surface area contributed by atoms with Gasteiger partial charge in [0, 0.05) is 25.2 Å². The third-order valence-electron chi connectivity index (χ3n) is 4.39. The summed E-state index contributed by atoms with van der Waals surface area (Å²) in [7, 11) is -3.20. The van der Waals surface area contributed by atoms with E-state index < -0.39 is 10.0 Å². The zero-order chi connectivity index (χ0) is 17.9. The van der Waals surface area contributed by atoms with Crippen molar-refractivity contribution in [3.8, 4) is 0 Å². The molecule has 5 nitrogen and oxygen atoms in total. The summed E-state index contributed by atoms with van der Waals surface area (Å²) in [4.78, 5) is 14.5. The maximum atomic E-state index is 12.7. The van der Waals surface area contributed by atoms with Crippen LogP contribution in [0.5, 0.6) is 0 Å². The Labute approximate surface area is 148 Å². The Hall–Kier alpha value is -2.34. The van der Waals surface area contributed by atoms with Gasteiger partial charge in [0.05, 0.1) is 11.4 Å². The first-order chi connectivity index (χ1) is 12.0. The molecule has 1 aliphatic rings. The molecule has 1 heterocycles. The number of hydrogen-bond acceptors (Lipinski definition) is 3. The summed E-state index contributed by atoms with van der Waals surface area (Å²) < 4.78 is 25.4. The van der Waals surface area contributed by atoms with E-state index in [9.17, 15) is 13.2 Å². The highest BCUT2D eigenvalue weighted by atomic mass is 32.2. The largest absolute Gasteiger partial charge is 0.335 e. The minimum atomic E-state index is -3.20. The highest BCUT2D eigenvalue weighted by molar-refractivity contribution is 7.93. The molecule has 0 spiro atoms. The Morgan fingerprint density at radius 3 is 2.32 bits per heavy atom. The van der Waals surface area contributed by atoms with Crippen molar-refractivity contribution in [1.82, 2.24) is 4.90 Å². The van der Waals surface area contributed by atoms with Gasteiger partial charge in [-0.25, -0.2) is 8.42 Å². The molecule has 0 N–H and O–H groups in total. The van der Waals surface area contributed by atoms with Crippen LogP contribution in [0.4, 0.5) is 5.69 Å². The molecule has 0 aliphatic carbocycles. The summed E-state index contributed by atoms with van der Waals surface area (Å²) in [5.41, 5.74) is 2.27. The molecule has 1 amide bonds. The third kappa shape index (κ3) is 3.85. The van der Waals surface area contributed by atoms with Crippen LogP contribution in [0.3, 0.4) is 0 Å². The summed E-state index contributed by atoms with van der Waals surface area (Å²) in [5, 5.41) is 0. The summed E-state index contributed by atoms with van der Waals surface area (Å²) in [6.45, 7) is 3.62. The number of hydrogen-bond donors (Lipinski definition) is 0. The second-order valence-corrected chi connectivity index (χ2v) is 8.11. The van der Waals surface area contributed by atoms with Crippen molar-refractivity contribution in [2.24, 2.45) is 0 Å². The van der Waals surface area contributed by atoms with Crippen LogP contribution in [0.25, 0.3) is 0 Å². The molecule has 6 heteroatoms. The van der Waals surface area contributed by atoms with Crippen LogP contribution in [0.15, 0.2) is 54.6 Å². The van der Waals surface area contributed by atoms with Crippen molar-refractivity contribution in [2.45, 2.75) is 19.9 Å². The molecule has 0 radical (unpaired) electrons. The van der Waals surface area contributed by atoms with E-state index in [2.05, 4.69) is 0 Å². The second-order valence-electron chi connectivity index (χ2n) is 6.09. The van der Waals surface area contributed by atoms with E-state index in [-0.39, 0.29) is 11.7 Å². The van der Waals surface area contributed by atoms with Crippen molar-refractivity contribution >= 4 is 21.6 Å². The zero-order valence-corrected chi connectivity index (χ0v) is 15.1. The lowest BCUT2D eigenvalue weighted by Crippen LogP contribution is -2.30. The van der Waals surface area contributed by atoms with Crippen LogP contribution >= 0.6 is 0 Å². The Morgan fingerprint density at radius 1 is 1.08 bits per heavy atom. The number of benzene rings is 2. The molecular formula is C19H22N2O3S. The summed E-state index contributed by atoms with van der Waals surface area (Å²) in [5.74, 6) is 0.135. The van der Waals surface area contributed by atoms with Gasteiger partial charge in [-0.1, -0.05) is 30.3 Å². The molecule has 2 aromatic carbocycles. The summed E-state index contributed by atoms with van der Waals surface area (Å²) in [6.07, 6.45) is 0.643. The molecule has 1 aliphatic heterocycles. The first kappa shape index (κ1) is 17.5. The smallest absolute Gasteiger partial charge is 0.254 e. The number of sulfonamides is 1. The van der Waals surface area contributed by atoms with Gasteiger partial charge in [-0.2, -0.15) is 0 Å². The predicted molar refractivity (Wildman–Crippen MR) is 99.0 cm³/mol. The van der Waals surface area contributed by atoms with E-state index in [1.54, 1.807) is 29.2 Å². The van der Waals surface area contributed by atoms with Crippen molar-refractivity contribution < 1.29 is 13.2 Å². The third-order valence-corrected chi connectivity index (χ3v) is 6.26. The summed E-state index contributed by atoms with van der Waals surface area (Å²) in [6, 6.07) is 16.7. The number of amides is 1. The Bertz CT molecular complexity index is 833. The van der Waals surface area contributed by atoms with Gasteiger partial charge in [-0.3, -0.25) is 9.10 Å². The van der Waals surface area contributed by atoms with Gasteiger partial charge >= 0.3 is 0 Å². The molecule has 1 saturated heterocycles. The van der Waals surface area contributed by atoms with Crippen LogP contribution in [-0.2, 0) is 16.6 Å². The van der Waals surface area contributed by atoms with Crippen molar-refractivity contribution in [3.05, 3.63) is 65.7 Å². The van der Waals surface area contributed by atoms with Crippen LogP contribution < -0.4 is 4.31 Å². The monoisotopic (exact) mass is 358 g/mol. The molecule has 1 fully saturated rings. The van der Waals surface area contributed by atoms with Crippen LogP contribution in [0.2, 0.25) is 0 Å². The Kier molecular flexibility index (Phi) is 5.08. The fourth-order valence-corrected chi connectivity index (χ4v) is 4.58. The molecule has 0 saturated carbocycles. The van der Waals surface area contributed by atoms with E-state index in [0.29, 0.717) is 37.3 Å². The van der Waals surface area contributed by atoms with E-state index >= 15 is 0 Å². The topological polar surface area (TPSA) is 57.7 Å². The van der Waals surface area contributed by atoms with E-state index in [1.165, 1.54) is 4.31 Å². The molecule has 132 valence electrons. The first-order valence-electron chi connectivity index (χ1n) is 8.45. The van der Waals surface area contributed by atoms with Gasteiger partial charge in [0.2, 0.25) is 10.0 Å². The molecular weight excluding hydrogens is 336 g/mol. The standard InChI is InChI=1S/C19H22N2O3S/c1-2-20(15-16-7-4-3-5-8-16)19(22)17-9-11-18(12-10-17)21-13-6-14-25(21,23)24/h3-5,7-12H,2,6,13-15H2,1H3. The minimum Gasteiger partial charge on any atom is -0.335 e. The maximum absolute atomic E-state index is 12.7. The van der Waals surface area contributed by atoms with Crippen LogP contribution in [-0.4, -0.2) is 38.1 Å². The van der Waals surface area contributed by atoms with Gasteiger partial charge in [-0.15, -0.1) is 0 Å². The second kappa shape index (κ2) is 7.27. The number of anilines is 1. The average Bonchev–Trinajstić information content (AvgIpc) is 2.99. The highest BCUT2D eigenvalue weighted by Gasteiger charge is 2.28. The molecule has 0 aromatic heterocycles. The fourth-order valence-electron chi connectivity index (χ4n) is 3.01. The minimum absolute atomic E-state index is 0.0535. The molecule has 25 heavy (non-hydrogen) atoms.